The zero-order chi connectivity index (χ0) is 17.2. The van der Waals surface area contributed by atoms with Gasteiger partial charge in [-0.1, -0.05) is 12.1 Å². The van der Waals surface area contributed by atoms with Gasteiger partial charge in [-0.15, -0.1) is 0 Å². The first-order chi connectivity index (χ1) is 11.5. The van der Waals surface area contributed by atoms with Crippen LogP contribution in [0.4, 0.5) is 11.5 Å². The number of pyridine rings is 1. The van der Waals surface area contributed by atoms with Crippen LogP contribution in [0.15, 0.2) is 47.5 Å². The van der Waals surface area contributed by atoms with Crippen LogP contribution in [0.2, 0.25) is 0 Å². The Morgan fingerprint density at radius 2 is 1.83 bits per heavy atom. The van der Waals surface area contributed by atoms with Crippen LogP contribution >= 0.6 is 0 Å². The van der Waals surface area contributed by atoms with Gasteiger partial charge in [-0.3, -0.25) is 4.90 Å². The van der Waals surface area contributed by atoms with Crippen molar-refractivity contribution in [2.24, 2.45) is 0 Å². The molecule has 6 nitrogen and oxygen atoms in total. The van der Waals surface area contributed by atoms with E-state index in [1.807, 2.05) is 30.5 Å². The third-order valence-corrected chi connectivity index (χ3v) is 6.01. The molecule has 0 aliphatic carbocycles. The van der Waals surface area contributed by atoms with Crippen LogP contribution < -0.4 is 20.3 Å². The molecule has 1 fully saturated rings. The zero-order valence-electron chi connectivity index (χ0n) is 13.7. The molecule has 2 aromatic rings. The summed E-state index contributed by atoms with van der Waals surface area (Å²) in [6.45, 7) is 1.89. The lowest BCUT2D eigenvalue weighted by Crippen LogP contribution is -2.36. The molecule has 128 valence electrons. The number of nitrogens with one attached hydrogen (secondary N) is 2. The van der Waals surface area contributed by atoms with Gasteiger partial charge in [-0.2, -0.15) is 0 Å². The average Bonchev–Trinajstić information content (AvgIpc) is 2.62. The topological polar surface area (TPSA) is 89.6 Å². The number of anilines is 2. The number of nitrogens with two attached hydrogens (primary N) is 1. The smallest absolute Gasteiger partial charge is 0.276 e. The molecule has 3 rings (SSSR count). The number of benzene rings is 1. The van der Waals surface area contributed by atoms with Crippen molar-refractivity contribution in [1.29, 1.82) is 0 Å². The molecule has 0 bridgehead atoms. The summed E-state index contributed by atoms with van der Waals surface area (Å²) in [5.41, 5.74) is 7.80. The van der Waals surface area contributed by atoms with E-state index >= 15 is 0 Å². The second-order valence-corrected chi connectivity index (χ2v) is 7.93. The Morgan fingerprint density at radius 3 is 2.42 bits per heavy atom. The monoisotopic (exact) mass is 347 g/mol. The molecule has 0 radical (unpaired) electrons. The van der Waals surface area contributed by atoms with Crippen molar-refractivity contribution >= 4 is 21.5 Å². The van der Waals surface area contributed by atoms with Crippen molar-refractivity contribution in [2.75, 3.05) is 30.8 Å². The molecule has 1 saturated heterocycles. The second kappa shape index (κ2) is 6.78. The van der Waals surface area contributed by atoms with Crippen LogP contribution in [-0.2, 0) is 10.0 Å². The summed E-state index contributed by atoms with van der Waals surface area (Å²) in [6.07, 6.45) is 3.92. The number of hydrogen-bond donors (Lipinski definition) is 2. The van der Waals surface area contributed by atoms with Gasteiger partial charge in [0.15, 0.2) is 0 Å². The van der Waals surface area contributed by atoms with E-state index in [1.54, 1.807) is 12.1 Å². The van der Waals surface area contributed by atoms with Crippen LogP contribution in [0.1, 0.15) is 24.3 Å². The highest BCUT2D eigenvalue weighted by Gasteiger charge is 2.26. The van der Waals surface area contributed by atoms with Crippen molar-refractivity contribution in [3.8, 4) is 0 Å². The minimum atomic E-state index is -3.37. The second-order valence-electron chi connectivity index (χ2n) is 6.05. The predicted molar refractivity (Wildman–Crippen MR) is 94.3 cm³/mol. The van der Waals surface area contributed by atoms with Crippen LogP contribution in [0.25, 0.3) is 0 Å². The van der Waals surface area contributed by atoms with Crippen LogP contribution in [0.3, 0.4) is 0 Å². The summed E-state index contributed by atoms with van der Waals surface area (Å²) >= 11 is 0. The van der Waals surface area contributed by atoms with Gasteiger partial charge in [0.25, 0.3) is 5.82 Å². The number of aromatic nitrogens is 1. The van der Waals surface area contributed by atoms with E-state index in [0.29, 0.717) is 10.8 Å². The molecular weight excluding hydrogens is 324 g/mol. The van der Waals surface area contributed by atoms with Gasteiger partial charge in [0, 0.05) is 11.8 Å². The molecule has 0 atom stereocenters. The minimum absolute atomic E-state index is 0.306. The van der Waals surface area contributed by atoms with Crippen molar-refractivity contribution in [3.63, 3.8) is 0 Å². The number of rotatable bonds is 4. The highest BCUT2D eigenvalue weighted by molar-refractivity contribution is 7.89. The van der Waals surface area contributed by atoms with Gasteiger partial charge < -0.3 is 5.73 Å². The Hall–Kier alpha value is -2.12. The first kappa shape index (κ1) is 16.7. The molecule has 2 heterocycles. The van der Waals surface area contributed by atoms with E-state index in [0.717, 1.165) is 37.4 Å². The Morgan fingerprint density at radius 1 is 1.17 bits per heavy atom. The maximum atomic E-state index is 11.8. The lowest BCUT2D eigenvalue weighted by Gasteiger charge is -2.28. The summed E-state index contributed by atoms with van der Waals surface area (Å²) in [5.74, 6) is 1.50. The maximum Gasteiger partial charge on any atom is 0.276 e. The van der Waals surface area contributed by atoms with Gasteiger partial charge >= 0.3 is 0 Å². The number of nitrogen functional groups attached to an aromatic ring is 1. The maximum absolute atomic E-state index is 11.8. The van der Waals surface area contributed by atoms with E-state index in [2.05, 4.69) is 14.6 Å². The first-order valence-corrected chi connectivity index (χ1v) is 9.53. The van der Waals surface area contributed by atoms with Crippen LogP contribution in [0, 0.1) is 0 Å². The summed E-state index contributed by atoms with van der Waals surface area (Å²) in [7, 11) is -1.95. The lowest BCUT2D eigenvalue weighted by atomic mass is 9.89. The third-order valence-electron chi connectivity index (χ3n) is 4.58. The Bertz CT molecular complexity index is 798. The van der Waals surface area contributed by atoms with Gasteiger partial charge in [-0.25, -0.2) is 18.1 Å². The summed E-state index contributed by atoms with van der Waals surface area (Å²) in [4.78, 5) is 5.84. The summed E-state index contributed by atoms with van der Waals surface area (Å²) in [6, 6.07) is 11.0. The first-order valence-electron chi connectivity index (χ1n) is 8.05. The Kier molecular flexibility index (Phi) is 4.73. The SMILES string of the molecule is CNS(=O)(=O)c1ccc(C2CCN(c3cc(N)cc[nH+]3)CC2)cc1. The standard InChI is InChI=1S/C17H22N4O2S/c1-19-24(22,23)16-4-2-13(3-5-16)14-7-10-21(11-8-14)17-12-15(18)6-9-20-17/h2-6,9,12,14,19H,7-8,10-11H2,1H3,(H2,18,20)/p+1. The summed E-state index contributed by atoms with van der Waals surface area (Å²) < 4.78 is 25.9. The van der Waals surface area contributed by atoms with Crippen molar-refractivity contribution in [2.45, 2.75) is 23.7 Å². The fraction of sp³-hybridized carbons (Fsp3) is 0.353. The Balaban J connectivity index is 1.66. The van der Waals surface area contributed by atoms with E-state index in [-0.39, 0.29) is 0 Å². The molecule has 1 aromatic heterocycles. The van der Waals surface area contributed by atoms with Gasteiger partial charge in [0.05, 0.1) is 30.2 Å². The van der Waals surface area contributed by atoms with E-state index in [4.69, 9.17) is 5.73 Å². The summed E-state index contributed by atoms with van der Waals surface area (Å²) in [5, 5.41) is 0. The number of aromatic amines is 1. The molecule has 0 unspecified atom stereocenters. The fourth-order valence-corrected chi connectivity index (χ4v) is 3.87. The number of sulfonamides is 1. The third kappa shape index (κ3) is 3.52. The van der Waals surface area contributed by atoms with Gasteiger partial charge in [0.1, 0.15) is 0 Å². The van der Waals surface area contributed by atoms with Crippen molar-refractivity contribution in [1.82, 2.24) is 4.72 Å². The van der Waals surface area contributed by atoms with E-state index < -0.39 is 10.0 Å². The lowest BCUT2D eigenvalue weighted by molar-refractivity contribution is -0.364. The highest BCUT2D eigenvalue weighted by atomic mass is 32.2. The molecule has 0 spiro atoms. The molecule has 1 aliphatic rings. The van der Waals surface area contributed by atoms with Crippen LogP contribution in [0.5, 0.6) is 0 Å². The number of hydrogen-bond acceptors (Lipinski definition) is 4. The average molecular weight is 347 g/mol. The van der Waals surface area contributed by atoms with Crippen molar-refractivity contribution in [3.05, 3.63) is 48.2 Å². The molecular formula is C17H23N4O2S+. The molecule has 24 heavy (non-hydrogen) atoms. The van der Waals surface area contributed by atoms with E-state index in [9.17, 15) is 8.42 Å². The quantitative estimate of drug-likeness (QED) is 0.874. The number of nitrogens with zero attached hydrogens (tertiary/aromatic N) is 1. The largest absolute Gasteiger partial charge is 0.398 e. The van der Waals surface area contributed by atoms with Crippen LogP contribution in [-0.4, -0.2) is 28.6 Å². The fourth-order valence-electron chi connectivity index (χ4n) is 3.14. The molecule has 7 heteroatoms. The minimum Gasteiger partial charge on any atom is -0.398 e. The molecule has 1 aromatic carbocycles. The molecule has 4 N–H and O–H groups in total. The van der Waals surface area contributed by atoms with E-state index in [1.165, 1.54) is 12.6 Å². The number of H-pyrrole nitrogens is 1. The Labute approximate surface area is 142 Å². The van der Waals surface area contributed by atoms with Crippen molar-refractivity contribution < 1.29 is 13.4 Å². The molecule has 0 amide bonds. The molecule has 1 aliphatic heterocycles. The normalized spacial score (nSPS) is 16.3. The zero-order valence-corrected chi connectivity index (χ0v) is 14.5. The van der Waals surface area contributed by atoms with Gasteiger partial charge in [0.2, 0.25) is 10.0 Å². The highest BCUT2D eigenvalue weighted by Crippen LogP contribution is 2.30. The number of piperidine rings is 1. The predicted octanol–water partition coefficient (Wildman–Crippen LogP) is 1.37. The molecule has 0 saturated carbocycles. The van der Waals surface area contributed by atoms with Gasteiger partial charge in [-0.05, 0) is 43.5 Å².